The minimum atomic E-state index is -0.512. The number of nitrogens with zero attached hydrogens (tertiary/aromatic N) is 1. The molecule has 0 saturated carbocycles. The van der Waals surface area contributed by atoms with E-state index in [0.717, 1.165) is 45.3 Å². The number of likely N-dealkylation sites (tertiary alicyclic amines) is 1. The van der Waals surface area contributed by atoms with Gasteiger partial charge >= 0.3 is 5.97 Å². The van der Waals surface area contributed by atoms with Crippen molar-refractivity contribution in [2.24, 2.45) is 5.92 Å². The second-order valence-corrected chi connectivity index (χ2v) is 7.14. The molecule has 0 radical (unpaired) electrons. The van der Waals surface area contributed by atoms with Crippen LogP contribution in [0.4, 0.5) is 4.39 Å². The monoisotopic (exact) mass is 385 g/mol. The van der Waals surface area contributed by atoms with Crippen molar-refractivity contribution in [1.29, 1.82) is 0 Å². The fourth-order valence-corrected chi connectivity index (χ4v) is 3.69. The topological polar surface area (TPSA) is 38.8 Å². The van der Waals surface area contributed by atoms with Crippen molar-refractivity contribution in [3.05, 3.63) is 34.6 Å². The minimum Gasteiger partial charge on any atom is -0.464 e. The summed E-state index contributed by atoms with van der Waals surface area (Å²) in [7, 11) is 0. The molecule has 0 aromatic heterocycles. The van der Waals surface area contributed by atoms with Gasteiger partial charge in [-0.15, -0.1) is 0 Å². The van der Waals surface area contributed by atoms with Crippen molar-refractivity contribution in [2.45, 2.75) is 45.6 Å². The van der Waals surface area contributed by atoms with Crippen LogP contribution in [0.25, 0.3) is 0 Å². The fourth-order valence-electron chi connectivity index (χ4n) is 3.50. The Balaban J connectivity index is 2.16. The zero-order valence-corrected chi connectivity index (χ0v) is 16.4. The summed E-state index contributed by atoms with van der Waals surface area (Å²) in [5.41, 5.74) is 0.420. The van der Waals surface area contributed by atoms with E-state index in [2.05, 4.69) is 11.8 Å². The van der Waals surface area contributed by atoms with Gasteiger partial charge in [-0.3, -0.25) is 0 Å². The van der Waals surface area contributed by atoms with E-state index in [1.165, 1.54) is 6.07 Å². The molecule has 1 aliphatic rings. The van der Waals surface area contributed by atoms with Crippen LogP contribution in [-0.4, -0.2) is 43.7 Å². The number of benzene rings is 1. The summed E-state index contributed by atoms with van der Waals surface area (Å²) >= 11 is 5.97. The predicted octanol–water partition coefficient (Wildman–Crippen LogP) is 4.61. The quantitative estimate of drug-likeness (QED) is 0.582. The number of rotatable bonds is 9. The molecule has 0 spiro atoms. The zero-order valence-electron chi connectivity index (χ0n) is 15.7. The number of hydrogen-bond donors (Lipinski definition) is 0. The molecule has 0 N–H and O–H groups in total. The van der Waals surface area contributed by atoms with Crippen LogP contribution in [0.3, 0.4) is 0 Å². The van der Waals surface area contributed by atoms with Gasteiger partial charge in [-0.1, -0.05) is 37.1 Å². The average molecular weight is 386 g/mol. The summed E-state index contributed by atoms with van der Waals surface area (Å²) in [5, 5.41) is 0.0749. The number of halogens is 2. The molecule has 1 heterocycles. The highest BCUT2D eigenvalue weighted by atomic mass is 35.5. The van der Waals surface area contributed by atoms with E-state index in [0.29, 0.717) is 12.2 Å². The van der Waals surface area contributed by atoms with Gasteiger partial charge in [0, 0.05) is 18.0 Å². The summed E-state index contributed by atoms with van der Waals surface area (Å²) in [4.78, 5) is 14.1. The van der Waals surface area contributed by atoms with Gasteiger partial charge in [0.25, 0.3) is 0 Å². The van der Waals surface area contributed by atoms with Crippen LogP contribution in [0.1, 0.15) is 51.2 Å². The lowest BCUT2D eigenvalue weighted by Gasteiger charge is -2.37. The van der Waals surface area contributed by atoms with Gasteiger partial charge in [0.2, 0.25) is 0 Å². The van der Waals surface area contributed by atoms with Crippen molar-refractivity contribution < 1.29 is 18.7 Å². The maximum Gasteiger partial charge on any atom is 0.332 e. The van der Waals surface area contributed by atoms with Gasteiger partial charge in [-0.25, -0.2) is 9.18 Å². The molecule has 0 aliphatic carbocycles. The molecule has 1 fully saturated rings. The Kier molecular flexibility index (Phi) is 8.82. The first kappa shape index (κ1) is 21.1. The Morgan fingerprint density at radius 2 is 2.23 bits per heavy atom. The van der Waals surface area contributed by atoms with Gasteiger partial charge in [0.1, 0.15) is 12.4 Å². The Morgan fingerprint density at radius 3 is 2.96 bits per heavy atom. The molecule has 0 bridgehead atoms. The lowest BCUT2D eigenvalue weighted by Crippen LogP contribution is -2.39. The first-order valence-electron chi connectivity index (χ1n) is 9.50. The van der Waals surface area contributed by atoms with Gasteiger partial charge in [0.15, 0.2) is 0 Å². The normalized spacial score (nSPS) is 19.3. The molecule has 1 saturated heterocycles. The molecule has 6 heteroatoms. The molecule has 1 aliphatic heterocycles. The van der Waals surface area contributed by atoms with E-state index in [1.54, 1.807) is 19.1 Å². The third-order valence-corrected chi connectivity index (χ3v) is 5.06. The second kappa shape index (κ2) is 10.9. The highest BCUT2D eigenvalue weighted by Gasteiger charge is 2.31. The molecule has 26 heavy (non-hydrogen) atoms. The number of piperidine rings is 1. The number of ether oxygens (including phenoxy) is 2. The molecule has 2 atom stereocenters. The van der Waals surface area contributed by atoms with Crippen molar-refractivity contribution in [3.8, 4) is 0 Å². The van der Waals surface area contributed by atoms with E-state index in [1.807, 2.05) is 0 Å². The number of esters is 1. The molecule has 0 amide bonds. The molecule has 2 rings (SSSR count). The number of unbranched alkanes of at least 4 members (excludes halogenated alkanes) is 1. The number of carbonyl (C=O) groups is 1. The Bertz CT molecular complexity index is 584. The molecular weight excluding hydrogens is 357 g/mol. The number of hydrogen-bond acceptors (Lipinski definition) is 4. The number of carbonyl (C=O) groups excluding carboxylic acids is 1. The second-order valence-electron chi connectivity index (χ2n) is 6.74. The molecule has 4 nitrogen and oxygen atoms in total. The van der Waals surface area contributed by atoms with Gasteiger partial charge in [-0.05, 0) is 45.3 Å². The van der Waals surface area contributed by atoms with Crippen LogP contribution >= 0.6 is 11.6 Å². The maximum atomic E-state index is 14.6. The maximum absolute atomic E-state index is 14.6. The highest BCUT2D eigenvalue weighted by Crippen LogP contribution is 2.36. The smallest absolute Gasteiger partial charge is 0.332 e. The summed E-state index contributed by atoms with van der Waals surface area (Å²) < 4.78 is 25.5. The van der Waals surface area contributed by atoms with E-state index in [-0.39, 0.29) is 17.5 Å². The fraction of sp³-hybridized carbons (Fsp3) is 0.650. The van der Waals surface area contributed by atoms with Crippen molar-refractivity contribution in [3.63, 3.8) is 0 Å². The van der Waals surface area contributed by atoms with E-state index < -0.39 is 17.9 Å². The van der Waals surface area contributed by atoms with Crippen molar-refractivity contribution in [1.82, 2.24) is 4.90 Å². The third kappa shape index (κ3) is 5.93. The average Bonchev–Trinajstić information content (AvgIpc) is 2.64. The summed E-state index contributed by atoms with van der Waals surface area (Å²) in [6.45, 7) is 6.96. The Morgan fingerprint density at radius 1 is 1.42 bits per heavy atom. The molecule has 1 aromatic rings. The van der Waals surface area contributed by atoms with Crippen LogP contribution in [0.2, 0.25) is 5.02 Å². The van der Waals surface area contributed by atoms with Crippen molar-refractivity contribution >= 4 is 17.6 Å². The van der Waals surface area contributed by atoms with Crippen LogP contribution in [-0.2, 0) is 14.3 Å². The highest BCUT2D eigenvalue weighted by molar-refractivity contribution is 6.30. The van der Waals surface area contributed by atoms with Gasteiger partial charge < -0.3 is 14.4 Å². The van der Waals surface area contributed by atoms with E-state index >= 15 is 0 Å². The molecular formula is C20H29ClFNO3. The van der Waals surface area contributed by atoms with Crippen LogP contribution in [0, 0.1) is 11.7 Å². The predicted molar refractivity (Wildman–Crippen MR) is 101 cm³/mol. The first-order valence-corrected chi connectivity index (χ1v) is 9.88. The first-order chi connectivity index (χ1) is 12.6. The van der Waals surface area contributed by atoms with Crippen molar-refractivity contribution in [2.75, 3.05) is 32.8 Å². The summed E-state index contributed by atoms with van der Waals surface area (Å²) in [6.07, 6.45) is 3.75. The third-order valence-electron chi connectivity index (χ3n) is 4.77. The largest absolute Gasteiger partial charge is 0.464 e. The molecule has 1 aromatic carbocycles. The van der Waals surface area contributed by atoms with E-state index in [9.17, 15) is 9.18 Å². The lowest BCUT2D eigenvalue weighted by molar-refractivity contribution is -0.152. The Labute approximate surface area is 160 Å². The summed E-state index contributed by atoms with van der Waals surface area (Å²) in [6, 6.07) is 4.94. The Hall–Kier alpha value is -1.17. The zero-order chi connectivity index (χ0) is 18.9. The minimum absolute atomic E-state index is 0.0749. The standard InChI is InChI=1S/C20H29ClFNO3/c1-3-5-11-23-12-7-8-15(13-23)20(26-14-18(24)25-4-2)16-9-6-10-17(21)19(16)22/h6,9-10,15,20H,3-5,7-8,11-14H2,1-2H3. The summed E-state index contributed by atoms with van der Waals surface area (Å²) in [5.74, 6) is -0.782. The SMILES string of the molecule is CCCCN1CCCC(C(OCC(=O)OCC)c2cccc(Cl)c2F)C1. The van der Waals surface area contributed by atoms with Gasteiger partial charge in [-0.2, -0.15) is 0 Å². The van der Waals surface area contributed by atoms with E-state index in [4.69, 9.17) is 21.1 Å². The van der Waals surface area contributed by atoms with Crippen LogP contribution in [0.5, 0.6) is 0 Å². The molecule has 146 valence electrons. The van der Waals surface area contributed by atoms with Gasteiger partial charge in [0.05, 0.1) is 17.7 Å². The molecule has 2 unspecified atom stereocenters. The van der Waals surface area contributed by atoms with Crippen LogP contribution < -0.4 is 0 Å². The van der Waals surface area contributed by atoms with Crippen LogP contribution in [0.15, 0.2) is 18.2 Å². The lowest BCUT2D eigenvalue weighted by atomic mass is 9.88.